The van der Waals surface area contributed by atoms with Crippen molar-refractivity contribution in [3.05, 3.63) is 72.2 Å². The summed E-state index contributed by atoms with van der Waals surface area (Å²) < 4.78 is 5.43. The molecule has 10 nitrogen and oxygen atoms in total. The predicted octanol–water partition coefficient (Wildman–Crippen LogP) is 4.39. The van der Waals surface area contributed by atoms with Gasteiger partial charge in [0, 0.05) is 50.1 Å². The van der Waals surface area contributed by atoms with Crippen LogP contribution >= 0.6 is 0 Å². The van der Waals surface area contributed by atoms with Gasteiger partial charge >= 0.3 is 6.09 Å². The Morgan fingerprint density at radius 1 is 1.03 bits per heavy atom. The summed E-state index contributed by atoms with van der Waals surface area (Å²) in [6, 6.07) is 13.5. The zero-order valence-corrected chi connectivity index (χ0v) is 22.4. The highest BCUT2D eigenvalue weighted by Crippen LogP contribution is 2.22. The number of nitrogens with zero attached hydrogens (tertiary/aromatic N) is 5. The van der Waals surface area contributed by atoms with Crippen molar-refractivity contribution in [2.75, 3.05) is 25.0 Å². The molecule has 1 unspecified atom stereocenters. The van der Waals surface area contributed by atoms with Crippen LogP contribution in [0.15, 0.2) is 61.1 Å². The highest BCUT2D eigenvalue weighted by Gasteiger charge is 2.26. The molecule has 0 saturated carbocycles. The second-order valence-electron chi connectivity index (χ2n) is 10.1. The molecule has 2 aromatic heterocycles. The molecule has 5 rings (SSSR count). The first-order chi connectivity index (χ1) is 19.1. The molecule has 0 spiro atoms. The van der Waals surface area contributed by atoms with Crippen molar-refractivity contribution in [3.63, 3.8) is 0 Å². The average molecular weight is 533 g/mol. The maximum atomic E-state index is 12.8. The van der Waals surface area contributed by atoms with Crippen molar-refractivity contribution in [1.29, 1.82) is 0 Å². The molecule has 4 heterocycles. The van der Waals surface area contributed by atoms with Crippen LogP contribution in [-0.2, 0) is 6.54 Å². The highest BCUT2D eigenvalue weighted by atomic mass is 16.7. The molecular weight excluding hydrogens is 496 g/mol. The third-order valence-corrected chi connectivity index (χ3v) is 7.45. The van der Waals surface area contributed by atoms with Crippen molar-refractivity contribution >= 4 is 17.7 Å². The molecule has 3 aromatic rings. The molecule has 2 saturated heterocycles. The standard InChI is InChI=1S/C29H36N6O4/c1-2-25-6-3-4-16-34(25)21-22-7-9-23(10-8-22)28(36)32-24-11-12-27(30-20-24)38-29(37)33-18-13-26(14-19-33)39-35-17-5-15-31-35/h5,7-12,15,17,20,25-26H,2-4,6,13-14,16,18-19,21H2,1H3,(H,32,36). The summed E-state index contributed by atoms with van der Waals surface area (Å²) in [5.41, 5.74) is 2.33. The highest BCUT2D eigenvalue weighted by molar-refractivity contribution is 6.04. The largest absolute Gasteiger partial charge is 0.416 e. The van der Waals surface area contributed by atoms with Crippen LogP contribution in [0.25, 0.3) is 0 Å². The molecule has 1 aromatic carbocycles. The van der Waals surface area contributed by atoms with Crippen LogP contribution in [0.1, 0.15) is 61.4 Å². The Bertz CT molecular complexity index is 1210. The minimum atomic E-state index is -0.452. The number of carbonyl (C=O) groups excluding carboxylic acids is 2. The summed E-state index contributed by atoms with van der Waals surface area (Å²) in [5.74, 6) is -0.0296. The second kappa shape index (κ2) is 12.8. The first-order valence-corrected chi connectivity index (χ1v) is 13.8. The first kappa shape index (κ1) is 26.7. The van der Waals surface area contributed by atoms with E-state index in [2.05, 4.69) is 27.2 Å². The Morgan fingerprint density at radius 3 is 2.54 bits per heavy atom. The zero-order chi connectivity index (χ0) is 27.0. The Balaban J connectivity index is 1.07. The number of likely N-dealkylation sites (tertiary alicyclic amines) is 2. The van der Waals surface area contributed by atoms with Gasteiger partial charge in [-0.2, -0.15) is 0 Å². The summed E-state index contributed by atoms with van der Waals surface area (Å²) in [4.78, 5) is 40.9. The van der Waals surface area contributed by atoms with Crippen LogP contribution in [0.3, 0.4) is 0 Å². The Kier molecular flexibility index (Phi) is 8.72. The number of rotatable bonds is 8. The number of hydrogen-bond acceptors (Lipinski definition) is 7. The molecule has 1 atom stereocenters. The van der Waals surface area contributed by atoms with Gasteiger partial charge in [-0.3, -0.25) is 9.69 Å². The summed E-state index contributed by atoms with van der Waals surface area (Å²) >= 11 is 0. The molecule has 1 N–H and O–H groups in total. The lowest BCUT2D eigenvalue weighted by Crippen LogP contribution is -2.44. The van der Waals surface area contributed by atoms with Gasteiger partial charge in [-0.05, 0) is 55.6 Å². The van der Waals surface area contributed by atoms with Gasteiger partial charge in [0.2, 0.25) is 5.88 Å². The first-order valence-electron chi connectivity index (χ1n) is 13.8. The lowest BCUT2D eigenvalue weighted by molar-refractivity contribution is -0.0163. The summed E-state index contributed by atoms with van der Waals surface area (Å²) in [6.45, 7) is 5.36. The monoisotopic (exact) mass is 532 g/mol. The van der Waals surface area contributed by atoms with E-state index < -0.39 is 6.09 Å². The molecule has 2 fully saturated rings. The van der Waals surface area contributed by atoms with Crippen LogP contribution in [0.4, 0.5) is 10.5 Å². The number of anilines is 1. The van der Waals surface area contributed by atoms with E-state index in [0.717, 1.165) is 13.1 Å². The van der Waals surface area contributed by atoms with Crippen molar-refractivity contribution in [2.24, 2.45) is 0 Å². The zero-order valence-electron chi connectivity index (χ0n) is 22.4. The van der Waals surface area contributed by atoms with E-state index in [0.29, 0.717) is 43.2 Å². The Morgan fingerprint density at radius 2 is 1.85 bits per heavy atom. The molecule has 39 heavy (non-hydrogen) atoms. The molecule has 2 aliphatic heterocycles. The van der Waals surface area contributed by atoms with Crippen LogP contribution in [0.2, 0.25) is 0 Å². The van der Waals surface area contributed by atoms with Gasteiger partial charge in [0.05, 0.1) is 24.3 Å². The van der Waals surface area contributed by atoms with Crippen LogP contribution < -0.4 is 14.9 Å². The van der Waals surface area contributed by atoms with Crippen LogP contribution in [0, 0.1) is 0 Å². The minimum Gasteiger partial charge on any atom is -0.393 e. The number of pyridine rings is 1. The number of nitrogens with one attached hydrogen (secondary N) is 1. The van der Waals surface area contributed by atoms with E-state index in [4.69, 9.17) is 9.57 Å². The van der Waals surface area contributed by atoms with Crippen LogP contribution in [-0.4, -0.2) is 68.5 Å². The minimum absolute atomic E-state index is 0.00532. The SMILES string of the molecule is CCC1CCCCN1Cc1ccc(C(=O)Nc2ccc(OC(=O)N3CCC(On4cccn4)CC3)nc2)cc1. The van der Waals surface area contributed by atoms with Gasteiger partial charge in [0.1, 0.15) is 6.10 Å². The second-order valence-corrected chi connectivity index (χ2v) is 10.1. The number of piperidine rings is 2. The van der Waals surface area contributed by atoms with Crippen LogP contribution in [0.5, 0.6) is 5.88 Å². The van der Waals surface area contributed by atoms with Gasteiger partial charge in [-0.25, -0.2) is 9.78 Å². The number of hydrogen-bond donors (Lipinski definition) is 1. The van der Waals surface area contributed by atoms with E-state index in [9.17, 15) is 9.59 Å². The van der Waals surface area contributed by atoms with E-state index in [1.54, 1.807) is 35.5 Å². The van der Waals surface area contributed by atoms with Crippen molar-refractivity contribution in [3.8, 4) is 5.88 Å². The number of benzene rings is 1. The maximum absolute atomic E-state index is 12.8. The summed E-state index contributed by atoms with van der Waals surface area (Å²) in [6.07, 6.45) is 10.8. The quantitative estimate of drug-likeness (QED) is 0.459. The normalized spacial score (nSPS) is 18.5. The van der Waals surface area contributed by atoms with Gasteiger partial charge in [-0.1, -0.05) is 25.5 Å². The van der Waals surface area contributed by atoms with E-state index in [-0.39, 0.29) is 17.9 Å². The van der Waals surface area contributed by atoms with E-state index in [1.807, 2.05) is 24.3 Å². The fourth-order valence-corrected chi connectivity index (χ4v) is 5.21. The molecule has 10 heteroatoms. The summed E-state index contributed by atoms with van der Waals surface area (Å²) in [5, 5.41) is 6.90. The topological polar surface area (TPSA) is 102 Å². The lowest BCUT2D eigenvalue weighted by atomic mass is 9.99. The van der Waals surface area contributed by atoms with Crippen molar-refractivity contribution < 1.29 is 19.2 Å². The van der Waals surface area contributed by atoms with Crippen molar-refractivity contribution in [2.45, 2.75) is 64.1 Å². The molecule has 0 radical (unpaired) electrons. The lowest BCUT2D eigenvalue weighted by Gasteiger charge is -2.35. The van der Waals surface area contributed by atoms with Crippen molar-refractivity contribution in [1.82, 2.24) is 24.7 Å². The third-order valence-electron chi connectivity index (χ3n) is 7.45. The molecule has 2 aliphatic rings. The Hall–Kier alpha value is -3.92. The third kappa shape index (κ3) is 7.14. The van der Waals surface area contributed by atoms with Gasteiger partial charge in [-0.15, -0.1) is 9.94 Å². The van der Waals surface area contributed by atoms with Gasteiger partial charge in [0.15, 0.2) is 0 Å². The molecule has 0 aliphatic carbocycles. The van der Waals surface area contributed by atoms with Gasteiger partial charge in [0.25, 0.3) is 5.91 Å². The van der Waals surface area contributed by atoms with E-state index in [1.165, 1.54) is 42.3 Å². The molecule has 2 amide bonds. The molecular formula is C29H36N6O4. The number of aromatic nitrogens is 3. The molecule has 206 valence electrons. The Labute approximate surface area is 228 Å². The average Bonchev–Trinajstić information content (AvgIpc) is 3.48. The fourth-order valence-electron chi connectivity index (χ4n) is 5.21. The molecule has 0 bridgehead atoms. The smallest absolute Gasteiger partial charge is 0.393 e. The number of amides is 2. The fraction of sp³-hybridized carbons (Fsp3) is 0.448. The number of carbonyl (C=O) groups is 2. The van der Waals surface area contributed by atoms with E-state index >= 15 is 0 Å². The maximum Gasteiger partial charge on any atom is 0.416 e. The summed E-state index contributed by atoms with van der Waals surface area (Å²) in [7, 11) is 0. The number of ether oxygens (including phenoxy) is 1. The predicted molar refractivity (Wildman–Crippen MR) is 146 cm³/mol. The van der Waals surface area contributed by atoms with Gasteiger partial charge < -0.3 is 19.8 Å².